The molecule has 0 radical (unpaired) electrons. The lowest BCUT2D eigenvalue weighted by atomic mass is 9.98. The molecule has 6 heteroatoms. The van der Waals surface area contributed by atoms with Crippen molar-refractivity contribution in [2.75, 3.05) is 0 Å². The number of hydrogen-bond acceptors (Lipinski definition) is 2. The summed E-state index contributed by atoms with van der Waals surface area (Å²) in [6.07, 6.45) is 0.126. The van der Waals surface area contributed by atoms with Gasteiger partial charge in [0.15, 0.2) is 0 Å². The van der Waals surface area contributed by atoms with E-state index >= 15 is 0 Å². The van der Waals surface area contributed by atoms with Crippen LogP contribution >= 0.6 is 23.2 Å². The summed E-state index contributed by atoms with van der Waals surface area (Å²) in [6.45, 7) is 0. The van der Waals surface area contributed by atoms with Gasteiger partial charge in [-0.1, -0.05) is 35.3 Å². The van der Waals surface area contributed by atoms with Crippen molar-refractivity contribution in [3.63, 3.8) is 0 Å². The maximum absolute atomic E-state index is 13.9. The van der Waals surface area contributed by atoms with Gasteiger partial charge in [-0.2, -0.15) is 0 Å². The van der Waals surface area contributed by atoms with Crippen molar-refractivity contribution in [3.05, 3.63) is 69.2 Å². The molecule has 0 saturated heterocycles. The summed E-state index contributed by atoms with van der Waals surface area (Å²) in [7, 11) is 0. The van der Waals surface area contributed by atoms with Crippen LogP contribution in [0, 0.1) is 11.6 Å². The molecule has 0 aliphatic heterocycles. The van der Waals surface area contributed by atoms with E-state index in [0.29, 0.717) is 5.56 Å². The predicted molar refractivity (Wildman–Crippen MR) is 76.6 cm³/mol. The Morgan fingerprint density at radius 2 is 1.85 bits per heavy atom. The van der Waals surface area contributed by atoms with Gasteiger partial charge in [-0.3, -0.25) is 11.3 Å². The molecule has 2 aromatic carbocycles. The van der Waals surface area contributed by atoms with Crippen LogP contribution in [-0.2, 0) is 6.42 Å². The summed E-state index contributed by atoms with van der Waals surface area (Å²) in [4.78, 5) is 0. The normalized spacial score (nSPS) is 12.4. The highest BCUT2D eigenvalue weighted by Crippen LogP contribution is 2.27. The van der Waals surface area contributed by atoms with Crippen molar-refractivity contribution in [2.24, 2.45) is 5.84 Å². The Bertz CT molecular complexity index is 600. The lowest BCUT2D eigenvalue weighted by Crippen LogP contribution is -2.30. The maximum Gasteiger partial charge on any atom is 0.129 e. The van der Waals surface area contributed by atoms with Crippen LogP contribution < -0.4 is 11.3 Å². The summed E-state index contributed by atoms with van der Waals surface area (Å²) in [5.41, 5.74) is 3.06. The highest BCUT2D eigenvalue weighted by Gasteiger charge is 2.18. The molecule has 20 heavy (non-hydrogen) atoms. The third kappa shape index (κ3) is 3.27. The fourth-order valence-electron chi connectivity index (χ4n) is 1.97. The summed E-state index contributed by atoms with van der Waals surface area (Å²) in [5, 5.41) is 0.561. The van der Waals surface area contributed by atoms with Crippen molar-refractivity contribution >= 4 is 23.2 Å². The number of halogens is 4. The van der Waals surface area contributed by atoms with E-state index in [-0.39, 0.29) is 22.0 Å². The third-order valence-electron chi connectivity index (χ3n) is 3.01. The fourth-order valence-corrected chi connectivity index (χ4v) is 2.37. The van der Waals surface area contributed by atoms with Crippen molar-refractivity contribution in [2.45, 2.75) is 12.5 Å². The first kappa shape index (κ1) is 15.2. The van der Waals surface area contributed by atoms with E-state index < -0.39 is 17.7 Å². The van der Waals surface area contributed by atoms with Gasteiger partial charge >= 0.3 is 0 Å². The summed E-state index contributed by atoms with van der Waals surface area (Å²) in [6, 6.07) is 8.02. The van der Waals surface area contributed by atoms with E-state index in [9.17, 15) is 8.78 Å². The molecule has 2 rings (SSSR count). The first-order valence-corrected chi connectivity index (χ1v) is 6.62. The number of nitrogens with one attached hydrogen (secondary N) is 1. The molecular formula is C14H12Cl2F2N2. The smallest absolute Gasteiger partial charge is 0.129 e. The average Bonchev–Trinajstić information content (AvgIpc) is 2.40. The van der Waals surface area contributed by atoms with Crippen LogP contribution in [0.2, 0.25) is 10.0 Å². The second kappa shape index (κ2) is 6.50. The first-order valence-electron chi connectivity index (χ1n) is 5.87. The molecule has 0 fully saturated rings. The van der Waals surface area contributed by atoms with Crippen LogP contribution in [0.15, 0.2) is 36.4 Å². The Kier molecular flexibility index (Phi) is 4.94. The van der Waals surface area contributed by atoms with Crippen LogP contribution in [0.3, 0.4) is 0 Å². The molecule has 2 nitrogen and oxygen atoms in total. The largest absolute Gasteiger partial charge is 0.271 e. The lowest BCUT2D eigenvalue weighted by Gasteiger charge is -2.18. The van der Waals surface area contributed by atoms with Gasteiger partial charge in [0.25, 0.3) is 0 Å². The fraction of sp³-hybridized carbons (Fsp3) is 0.143. The van der Waals surface area contributed by atoms with Gasteiger partial charge in [-0.05, 0) is 30.7 Å². The van der Waals surface area contributed by atoms with Crippen LogP contribution in [-0.4, -0.2) is 0 Å². The monoisotopic (exact) mass is 316 g/mol. The molecule has 1 unspecified atom stereocenters. The SMILES string of the molecule is NNC(Cc1c(F)cccc1Cl)c1ccc(Cl)cc1F. The standard InChI is InChI=1S/C14H12Cl2F2N2/c15-8-4-5-9(13(18)6-8)14(20-19)7-10-11(16)2-1-3-12(10)17/h1-6,14,20H,7,19H2. The zero-order valence-corrected chi connectivity index (χ0v) is 11.8. The van der Waals surface area contributed by atoms with E-state index in [0.717, 1.165) is 0 Å². The van der Waals surface area contributed by atoms with Crippen molar-refractivity contribution in [3.8, 4) is 0 Å². The molecule has 0 heterocycles. The average molecular weight is 317 g/mol. The van der Waals surface area contributed by atoms with Crippen molar-refractivity contribution in [1.82, 2.24) is 5.43 Å². The number of hydrogen-bond donors (Lipinski definition) is 2. The van der Waals surface area contributed by atoms with Crippen LogP contribution in [0.5, 0.6) is 0 Å². The zero-order chi connectivity index (χ0) is 14.7. The Labute approximate surface area is 125 Å². The topological polar surface area (TPSA) is 38.0 Å². The summed E-state index contributed by atoms with van der Waals surface area (Å²) >= 11 is 11.7. The minimum absolute atomic E-state index is 0.126. The molecular weight excluding hydrogens is 305 g/mol. The molecule has 0 aliphatic carbocycles. The quantitative estimate of drug-likeness (QED) is 0.660. The molecule has 0 amide bonds. The molecule has 2 aromatic rings. The predicted octanol–water partition coefficient (Wildman–Crippen LogP) is 4.02. The molecule has 0 spiro atoms. The van der Waals surface area contributed by atoms with E-state index in [1.165, 1.54) is 24.3 Å². The van der Waals surface area contributed by atoms with E-state index in [1.807, 2.05) is 0 Å². The van der Waals surface area contributed by atoms with E-state index in [4.69, 9.17) is 29.0 Å². The molecule has 1 atom stereocenters. The van der Waals surface area contributed by atoms with Gasteiger partial charge in [0, 0.05) is 21.2 Å². The Balaban J connectivity index is 2.34. The highest BCUT2D eigenvalue weighted by atomic mass is 35.5. The van der Waals surface area contributed by atoms with Crippen molar-refractivity contribution in [1.29, 1.82) is 0 Å². The van der Waals surface area contributed by atoms with Crippen LogP contribution in [0.4, 0.5) is 8.78 Å². The second-order valence-corrected chi connectivity index (χ2v) is 5.13. The molecule has 0 aliphatic rings. The number of hydrazine groups is 1. The van der Waals surface area contributed by atoms with Gasteiger partial charge < -0.3 is 0 Å². The van der Waals surface area contributed by atoms with Crippen molar-refractivity contribution < 1.29 is 8.78 Å². The molecule has 0 bridgehead atoms. The minimum Gasteiger partial charge on any atom is -0.271 e. The zero-order valence-electron chi connectivity index (χ0n) is 10.3. The van der Waals surface area contributed by atoms with Gasteiger partial charge in [-0.15, -0.1) is 0 Å². The number of benzene rings is 2. The Morgan fingerprint density at radius 3 is 2.45 bits per heavy atom. The summed E-state index contributed by atoms with van der Waals surface area (Å²) < 4.78 is 27.6. The van der Waals surface area contributed by atoms with Crippen LogP contribution in [0.25, 0.3) is 0 Å². The molecule has 0 aromatic heterocycles. The van der Waals surface area contributed by atoms with Gasteiger partial charge in [0.2, 0.25) is 0 Å². The second-order valence-electron chi connectivity index (χ2n) is 4.29. The highest BCUT2D eigenvalue weighted by molar-refractivity contribution is 6.31. The Hall–Kier alpha value is -1.20. The lowest BCUT2D eigenvalue weighted by molar-refractivity contribution is 0.499. The maximum atomic E-state index is 13.9. The number of nitrogens with two attached hydrogens (primary N) is 1. The summed E-state index contributed by atoms with van der Waals surface area (Å²) in [5.74, 6) is 4.49. The molecule has 0 saturated carbocycles. The Morgan fingerprint density at radius 1 is 1.10 bits per heavy atom. The van der Waals surface area contributed by atoms with Gasteiger partial charge in [0.05, 0.1) is 6.04 Å². The van der Waals surface area contributed by atoms with Gasteiger partial charge in [0.1, 0.15) is 11.6 Å². The number of rotatable bonds is 4. The van der Waals surface area contributed by atoms with E-state index in [2.05, 4.69) is 5.43 Å². The van der Waals surface area contributed by atoms with E-state index in [1.54, 1.807) is 12.1 Å². The third-order valence-corrected chi connectivity index (χ3v) is 3.60. The first-order chi connectivity index (χ1) is 9.52. The van der Waals surface area contributed by atoms with Gasteiger partial charge in [-0.25, -0.2) is 8.78 Å². The molecule has 106 valence electrons. The molecule has 3 N–H and O–H groups in total. The van der Waals surface area contributed by atoms with Crippen LogP contribution in [0.1, 0.15) is 17.2 Å². The minimum atomic E-state index is -0.610.